The van der Waals surface area contributed by atoms with Crippen molar-refractivity contribution in [2.75, 3.05) is 20.6 Å². The van der Waals surface area contributed by atoms with Crippen LogP contribution in [0.25, 0.3) is 0 Å². The van der Waals surface area contributed by atoms with Crippen molar-refractivity contribution in [2.24, 2.45) is 51.9 Å². The van der Waals surface area contributed by atoms with Crippen molar-refractivity contribution >= 4 is 0 Å². The van der Waals surface area contributed by atoms with E-state index in [2.05, 4.69) is 87.4 Å². The number of hydrogen-bond donors (Lipinski definition) is 2. The van der Waals surface area contributed by atoms with Gasteiger partial charge in [-0.3, -0.25) is 0 Å². The zero-order valence-corrected chi connectivity index (χ0v) is 32.6. The van der Waals surface area contributed by atoms with Gasteiger partial charge in [-0.15, -0.1) is 0 Å². The third-order valence-corrected chi connectivity index (χ3v) is 12.5. The largest absolute Gasteiger partial charge is 0.325 e. The Labute approximate surface area is 278 Å². The Bertz CT molecular complexity index is 819. The van der Waals surface area contributed by atoms with Crippen molar-refractivity contribution < 1.29 is 0 Å². The van der Waals surface area contributed by atoms with Gasteiger partial charge in [0.1, 0.15) is 0 Å². The van der Waals surface area contributed by atoms with Crippen LogP contribution in [0, 0.1) is 40.4 Å². The van der Waals surface area contributed by atoms with E-state index in [1.54, 1.807) is 5.57 Å². The van der Waals surface area contributed by atoms with Crippen LogP contribution in [0.15, 0.2) is 11.6 Å². The van der Waals surface area contributed by atoms with Gasteiger partial charge in [0.2, 0.25) is 0 Å². The lowest BCUT2D eigenvalue weighted by molar-refractivity contribution is -0.0701. The number of unbranched alkanes of at least 4 members (excludes halogenated alkanes) is 1. The van der Waals surface area contributed by atoms with Crippen molar-refractivity contribution in [3.8, 4) is 0 Å². The molecule has 0 spiro atoms. The van der Waals surface area contributed by atoms with Gasteiger partial charge in [-0.25, -0.2) is 0 Å². The zero-order chi connectivity index (χ0) is 33.8. The van der Waals surface area contributed by atoms with Gasteiger partial charge in [0.15, 0.2) is 0 Å². The van der Waals surface area contributed by atoms with E-state index < -0.39 is 0 Å². The maximum Gasteiger partial charge on any atom is 0.0260 e. The van der Waals surface area contributed by atoms with Crippen LogP contribution in [-0.2, 0) is 0 Å². The molecule has 3 heteroatoms. The highest BCUT2D eigenvalue weighted by atomic mass is 15.1. The molecule has 3 fully saturated rings. The summed E-state index contributed by atoms with van der Waals surface area (Å²) in [5.41, 5.74) is 17.1. The zero-order valence-electron chi connectivity index (χ0n) is 32.6. The molecule has 0 radical (unpaired) electrons. The molecule has 0 heterocycles. The number of allylic oxidation sites excluding steroid dienone is 1. The lowest BCUT2D eigenvalue weighted by atomic mass is 9.43. The standard InChI is InChI=1S/C29H52N2.C7H17N.C3H8.C2H6/c1-6-9-22-11-16-26(4)23(20-22)12-19-29(31)24(26)13-17-27(5)25(29)14-18-28(27,30)15-8-7-10-21(2)3;1-5-7(2)6-8(3)4;1-3-2;1-2/h12,21-22,24-25H,6-11,13-20,30-31H2,1-5H3;7H,5-6H2,1-4H3;3H2,1-2H3;1-2H3/t22?,24?,25?,26?,27?,28-,29?;;;/m1.../s1. The van der Waals surface area contributed by atoms with Gasteiger partial charge in [-0.05, 0) is 112 Å². The molecule has 4 aliphatic rings. The number of hydrogen-bond acceptors (Lipinski definition) is 3. The van der Waals surface area contributed by atoms with Crippen LogP contribution in [0.3, 0.4) is 0 Å². The van der Waals surface area contributed by atoms with Crippen molar-refractivity contribution in [3.05, 3.63) is 11.6 Å². The lowest BCUT2D eigenvalue weighted by Gasteiger charge is -2.64. The molecule has 4 N–H and O–H groups in total. The molecule has 262 valence electrons. The molecule has 0 aromatic heterocycles. The average Bonchev–Trinajstić information content (AvgIpc) is 3.24. The van der Waals surface area contributed by atoms with E-state index in [9.17, 15) is 0 Å². The number of nitrogens with two attached hydrogens (primary N) is 2. The molecule has 0 bridgehead atoms. The summed E-state index contributed by atoms with van der Waals surface area (Å²) < 4.78 is 0. The second-order valence-corrected chi connectivity index (χ2v) is 16.7. The molecule has 7 unspecified atom stereocenters. The van der Waals surface area contributed by atoms with Gasteiger partial charge in [-0.2, -0.15) is 0 Å². The fourth-order valence-electron chi connectivity index (χ4n) is 9.93. The summed E-state index contributed by atoms with van der Waals surface area (Å²) in [5, 5.41) is 0. The molecule has 0 aromatic rings. The summed E-state index contributed by atoms with van der Waals surface area (Å²) in [6.45, 7) is 26.1. The molecule has 4 aliphatic carbocycles. The summed E-state index contributed by atoms with van der Waals surface area (Å²) >= 11 is 0. The predicted octanol–water partition coefficient (Wildman–Crippen LogP) is 11.4. The Morgan fingerprint density at radius 3 is 2.02 bits per heavy atom. The molecule has 0 aromatic carbocycles. The Hall–Kier alpha value is -0.380. The quantitative estimate of drug-likeness (QED) is 0.189. The number of nitrogens with zero attached hydrogens (tertiary/aromatic N) is 1. The number of fused-ring (bicyclic) bond motifs is 5. The Morgan fingerprint density at radius 1 is 0.886 bits per heavy atom. The van der Waals surface area contributed by atoms with E-state index in [0.717, 1.165) is 24.2 Å². The van der Waals surface area contributed by atoms with E-state index in [-0.39, 0.29) is 16.5 Å². The van der Waals surface area contributed by atoms with Gasteiger partial charge < -0.3 is 16.4 Å². The first-order chi connectivity index (χ1) is 20.7. The minimum atomic E-state index is -0.0398. The summed E-state index contributed by atoms with van der Waals surface area (Å²) in [7, 11) is 4.23. The topological polar surface area (TPSA) is 55.3 Å². The van der Waals surface area contributed by atoms with Crippen molar-refractivity contribution in [3.63, 3.8) is 0 Å². The Morgan fingerprint density at radius 2 is 1.50 bits per heavy atom. The van der Waals surface area contributed by atoms with Crippen LogP contribution in [-0.4, -0.2) is 36.6 Å². The fraction of sp³-hybridized carbons (Fsp3) is 0.951. The van der Waals surface area contributed by atoms with Crippen LogP contribution >= 0.6 is 0 Å². The second kappa shape index (κ2) is 18.8. The minimum absolute atomic E-state index is 0.00430. The molecule has 44 heavy (non-hydrogen) atoms. The molecule has 0 saturated heterocycles. The maximum atomic E-state index is 7.54. The van der Waals surface area contributed by atoms with E-state index in [4.69, 9.17) is 11.5 Å². The third kappa shape index (κ3) is 9.82. The first-order valence-corrected chi connectivity index (χ1v) is 19.6. The average molecular weight is 618 g/mol. The molecule has 0 amide bonds. The SMILES string of the molecule is CC.CCC.CCC(C)CN(C)C.CCCC1CCC2(C)C(=CCC3(N)C2CCC2(C)C3CC[C@]2(N)CCCCC(C)C)C1. The first-order valence-electron chi connectivity index (χ1n) is 19.6. The predicted molar refractivity (Wildman–Crippen MR) is 199 cm³/mol. The molecule has 3 nitrogen and oxygen atoms in total. The van der Waals surface area contributed by atoms with Crippen LogP contribution in [0.1, 0.15) is 179 Å². The van der Waals surface area contributed by atoms with Crippen LogP contribution in [0.4, 0.5) is 0 Å². The van der Waals surface area contributed by atoms with Crippen molar-refractivity contribution in [2.45, 2.75) is 190 Å². The van der Waals surface area contributed by atoms with Crippen LogP contribution < -0.4 is 11.5 Å². The minimum Gasteiger partial charge on any atom is -0.325 e. The molecule has 4 rings (SSSR count). The van der Waals surface area contributed by atoms with Crippen LogP contribution in [0.5, 0.6) is 0 Å². The van der Waals surface area contributed by atoms with Gasteiger partial charge in [-0.1, -0.05) is 133 Å². The molecule has 3 saturated carbocycles. The Balaban J connectivity index is 0.000000634. The van der Waals surface area contributed by atoms with Gasteiger partial charge in [0.25, 0.3) is 0 Å². The maximum absolute atomic E-state index is 7.54. The first kappa shape index (κ1) is 41.6. The highest BCUT2D eigenvalue weighted by molar-refractivity contribution is 5.31. The fourth-order valence-corrected chi connectivity index (χ4v) is 9.93. The van der Waals surface area contributed by atoms with E-state index >= 15 is 0 Å². The molecular formula is C41H83N3. The van der Waals surface area contributed by atoms with Gasteiger partial charge in [0.05, 0.1) is 0 Å². The van der Waals surface area contributed by atoms with Crippen LogP contribution in [0.2, 0.25) is 0 Å². The number of rotatable bonds is 10. The summed E-state index contributed by atoms with van der Waals surface area (Å²) in [6.07, 6.45) is 23.3. The Kier molecular flexibility index (Phi) is 17.8. The second-order valence-electron chi connectivity index (χ2n) is 16.7. The summed E-state index contributed by atoms with van der Waals surface area (Å²) in [6, 6.07) is 0. The van der Waals surface area contributed by atoms with Crippen molar-refractivity contribution in [1.82, 2.24) is 4.90 Å². The van der Waals surface area contributed by atoms with Crippen molar-refractivity contribution in [1.29, 1.82) is 0 Å². The molecular weight excluding hydrogens is 534 g/mol. The van der Waals surface area contributed by atoms with Gasteiger partial charge >= 0.3 is 0 Å². The highest BCUT2D eigenvalue weighted by Crippen LogP contribution is 2.68. The van der Waals surface area contributed by atoms with Gasteiger partial charge in [0, 0.05) is 17.6 Å². The summed E-state index contributed by atoms with van der Waals surface area (Å²) in [4.78, 5) is 2.23. The third-order valence-electron chi connectivity index (χ3n) is 12.5. The highest BCUT2D eigenvalue weighted by Gasteiger charge is 2.67. The van der Waals surface area contributed by atoms with E-state index in [0.29, 0.717) is 17.3 Å². The van der Waals surface area contributed by atoms with E-state index in [1.165, 1.54) is 103 Å². The van der Waals surface area contributed by atoms with E-state index in [1.807, 2.05) is 13.8 Å². The normalized spacial score (nSPS) is 36.3. The summed E-state index contributed by atoms with van der Waals surface area (Å²) in [5.74, 6) is 3.82. The molecule has 8 atom stereocenters. The lowest BCUT2D eigenvalue weighted by Crippen LogP contribution is -2.68. The molecule has 0 aliphatic heterocycles. The monoisotopic (exact) mass is 618 g/mol. The smallest absolute Gasteiger partial charge is 0.0260 e.